The number of esters is 1. The zero-order valence-corrected chi connectivity index (χ0v) is 24.6. The molecule has 1 fully saturated rings. The highest BCUT2D eigenvalue weighted by molar-refractivity contribution is 6.46. The Bertz CT molecular complexity index is 1250. The smallest absolute Gasteiger partial charge is 0.355 e. The SMILES string of the molecule is CCOC(=O)c1[nH]c(C)c(/C(O)=C2\C(=O)C(=O)N(CCCN(CC)CC)C2c2ccc(C(C)(C)C)cc2)c1C. The first-order valence-corrected chi connectivity index (χ1v) is 13.8. The minimum Gasteiger partial charge on any atom is -0.507 e. The molecule has 1 unspecified atom stereocenters. The number of hydrogen-bond acceptors (Lipinski definition) is 6. The van der Waals surface area contributed by atoms with Gasteiger partial charge in [-0.25, -0.2) is 4.79 Å². The molecular weight excluding hydrogens is 494 g/mol. The summed E-state index contributed by atoms with van der Waals surface area (Å²) in [7, 11) is 0. The first-order chi connectivity index (χ1) is 18.4. The summed E-state index contributed by atoms with van der Waals surface area (Å²) in [6, 6.07) is 7.15. The van der Waals surface area contributed by atoms with Gasteiger partial charge in [-0.05, 0) is 68.9 Å². The van der Waals surface area contributed by atoms with Crippen LogP contribution in [0.5, 0.6) is 0 Å². The second kappa shape index (κ2) is 12.2. The van der Waals surface area contributed by atoms with Crippen molar-refractivity contribution in [2.24, 2.45) is 0 Å². The molecule has 0 radical (unpaired) electrons. The highest BCUT2D eigenvalue weighted by atomic mass is 16.5. The summed E-state index contributed by atoms with van der Waals surface area (Å²) < 4.78 is 5.15. The van der Waals surface area contributed by atoms with Crippen LogP contribution < -0.4 is 0 Å². The number of ketones is 1. The minimum atomic E-state index is -0.740. The molecule has 2 heterocycles. The molecule has 212 valence electrons. The Morgan fingerprint density at radius 1 is 1.08 bits per heavy atom. The Kier molecular flexibility index (Phi) is 9.43. The molecule has 1 saturated heterocycles. The van der Waals surface area contributed by atoms with E-state index >= 15 is 0 Å². The second-order valence-electron chi connectivity index (χ2n) is 11.1. The lowest BCUT2D eigenvalue weighted by atomic mass is 9.85. The first-order valence-electron chi connectivity index (χ1n) is 13.8. The third kappa shape index (κ3) is 6.11. The molecule has 1 amide bonds. The number of likely N-dealkylation sites (tertiary alicyclic amines) is 1. The quantitative estimate of drug-likeness (QED) is 0.186. The molecule has 1 aromatic heterocycles. The summed E-state index contributed by atoms with van der Waals surface area (Å²) in [6.07, 6.45) is 0.695. The summed E-state index contributed by atoms with van der Waals surface area (Å²) in [5.74, 6) is -2.18. The Balaban J connectivity index is 2.14. The van der Waals surface area contributed by atoms with Gasteiger partial charge in [0.05, 0.1) is 18.2 Å². The van der Waals surface area contributed by atoms with E-state index in [1.807, 2.05) is 24.3 Å². The van der Waals surface area contributed by atoms with Crippen molar-refractivity contribution in [3.63, 3.8) is 0 Å². The number of amides is 1. The van der Waals surface area contributed by atoms with Crippen LogP contribution in [-0.2, 0) is 19.7 Å². The zero-order valence-electron chi connectivity index (χ0n) is 24.6. The second-order valence-corrected chi connectivity index (χ2v) is 11.1. The lowest BCUT2D eigenvalue weighted by Crippen LogP contribution is -2.33. The molecule has 3 rings (SSSR count). The predicted octanol–water partition coefficient (Wildman–Crippen LogP) is 5.26. The van der Waals surface area contributed by atoms with Crippen LogP contribution in [0, 0.1) is 13.8 Å². The summed E-state index contributed by atoms with van der Waals surface area (Å²) in [4.78, 5) is 46.2. The van der Waals surface area contributed by atoms with Crippen LogP contribution in [-0.4, -0.2) is 70.3 Å². The Morgan fingerprint density at radius 3 is 2.23 bits per heavy atom. The van der Waals surface area contributed by atoms with Crippen LogP contribution in [0.15, 0.2) is 29.8 Å². The van der Waals surface area contributed by atoms with Crippen LogP contribution >= 0.6 is 0 Å². The number of Topliss-reactive ketones (excluding diaryl/α,β-unsaturated/α-hetero) is 1. The fraction of sp³-hybridized carbons (Fsp3) is 0.516. The van der Waals surface area contributed by atoms with Crippen LogP contribution in [0.3, 0.4) is 0 Å². The number of aryl methyl sites for hydroxylation is 1. The first kappa shape index (κ1) is 30.2. The third-order valence-electron chi connectivity index (χ3n) is 7.55. The van der Waals surface area contributed by atoms with Crippen LogP contribution in [0.2, 0.25) is 0 Å². The molecule has 39 heavy (non-hydrogen) atoms. The van der Waals surface area contributed by atoms with E-state index in [0.717, 1.165) is 30.8 Å². The summed E-state index contributed by atoms with van der Waals surface area (Å²) in [5, 5.41) is 11.6. The highest BCUT2D eigenvalue weighted by Crippen LogP contribution is 2.41. The zero-order chi connectivity index (χ0) is 29.1. The maximum atomic E-state index is 13.5. The van der Waals surface area contributed by atoms with Gasteiger partial charge in [0.25, 0.3) is 11.7 Å². The number of hydrogen-bond donors (Lipinski definition) is 2. The van der Waals surface area contributed by atoms with Crippen LogP contribution in [0.4, 0.5) is 0 Å². The standard InChI is InChI=1S/C31H43N3O5/c1-9-33(10-2)17-12-18-34-26(21-13-15-22(16-14-21)31(6,7)8)24(28(36)29(34)37)27(35)23-19(4)25(32-20(23)5)30(38)39-11-3/h13-16,26,32,35H,9-12,17-18H2,1-8H3/b27-24+. The Labute approximate surface area is 232 Å². The van der Waals surface area contributed by atoms with Crippen molar-refractivity contribution in [2.45, 2.75) is 73.3 Å². The molecule has 2 N–H and O–H groups in total. The lowest BCUT2D eigenvalue weighted by molar-refractivity contribution is -0.140. The fourth-order valence-electron chi connectivity index (χ4n) is 5.27. The molecule has 1 aliphatic rings. The van der Waals surface area contributed by atoms with Gasteiger partial charge in [0.2, 0.25) is 0 Å². The Hall–Kier alpha value is -3.39. The maximum Gasteiger partial charge on any atom is 0.355 e. The number of ether oxygens (including phenoxy) is 1. The van der Waals surface area contributed by atoms with E-state index in [2.05, 4.69) is 44.5 Å². The van der Waals surface area contributed by atoms with Crippen molar-refractivity contribution < 1.29 is 24.2 Å². The van der Waals surface area contributed by atoms with Gasteiger partial charge < -0.3 is 24.6 Å². The molecular formula is C31H43N3O5. The van der Waals surface area contributed by atoms with Crippen molar-refractivity contribution >= 4 is 23.4 Å². The number of carbonyl (C=O) groups excluding carboxylic acids is 3. The van der Waals surface area contributed by atoms with Gasteiger partial charge in [-0.15, -0.1) is 0 Å². The summed E-state index contributed by atoms with van der Waals surface area (Å²) in [5.41, 5.74) is 3.40. The number of H-pyrrole nitrogens is 1. The maximum absolute atomic E-state index is 13.5. The lowest BCUT2D eigenvalue weighted by Gasteiger charge is -2.27. The minimum absolute atomic E-state index is 0.0342. The number of nitrogens with zero attached hydrogens (tertiary/aromatic N) is 2. The largest absolute Gasteiger partial charge is 0.507 e. The van der Waals surface area contributed by atoms with E-state index in [1.54, 1.807) is 25.7 Å². The van der Waals surface area contributed by atoms with E-state index < -0.39 is 23.7 Å². The number of aliphatic hydroxyl groups excluding tert-OH is 1. The molecule has 8 nitrogen and oxygen atoms in total. The van der Waals surface area contributed by atoms with E-state index in [1.165, 1.54) is 0 Å². The average Bonchev–Trinajstić information content (AvgIpc) is 3.33. The molecule has 2 aromatic rings. The number of carbonyl (C=O) groups is 3. The van der Waals surface area contributed by atoms with Crippen LogP contribution in [0.25, 0.3) is 5.76 Å². The summed E-state index contributed by atoms with van der Waals surface area (Å²) >= 11 is 0. The van der Waals surface area contributed by atoms with Gasteiger partial charge in [-0.2, -0.15) is 0 Å². The fourth-order valence-corrected chi connectivity index (χ4v) is 5.27. The van der Waals surface area contributed by atoms with Crippen LogP contribution in [0.1, 0.15) is 92.4 Å². The predicted molar refractivity (Wildman–Crippen MR) is 153 cm³/mol. The van der Waals surface area contributed by atoms with E-state index in [4.69, 9.17) is 4.74 Å². The molecule has 0 bridgehead atoms. The molecule has 8 heteroatoms. The van der Waals surface area contributed by atoms with Crippen molar-refractivity contribution in [1.82, 2.24) is 14.8 Å². The normalized spacial score (nSPS) is 17.4. The van der Waals surface area contributed by atoms with Gasteiger partial charge in [0.15, 0.2) is 0 Å². The molecule has 0 spiro atoms. The van der Waals surface area contributed by atoms with Crippen molar-refractivity contribution in [3.8, 4) is 0 Å². The van der Waals surface area contributed by atoms with Gasteiger partial charge in [0.1, 0.15) is 11.5 Å². The number of aromatic nitrogens is 1. The molecule has 0 saturated carbocycles. The van der Waals surface area contributed by atoms with Gasteiger partial charge in [-0.3, -0.25) is 9.59 Å². The number of nitrogens with one attached hydrogen (secondary N) is 1. The molecule has 0 aliphatic carbocycles. The van der Waals surface area contributed by atoms with E-state index in [-0.39, 0.29) is 29.0 Å². The van der Waals surface area contributed by atoms with Crippen molar-refractivity contribution in [2.75, 3.05) is 32.8 Å². The van der Waals surface area contributed by atoms with Crippen molar-refractivity contribution in [1.29, 1.82) is 0 Å². The van der Waals surface area contributed by atoms with E-state index in [9.17, 15) is 19.5 Å². The van der Waals surface area contributed by atoms with E-state index in [0.29, 0.717) is 29.8 Å². The Morgan fingerprint density at radius 2 is 1.69 bits per heavy atom. The van der Waals surface area contributed by atoms with Gasteiger partial charge in [0, 0.05) is 17.8 Å². The highest BCUT2D eigenvalue weighted by Gasteiger charge is 2.46. The monoisotopic (exact) mass is 537 g/mol. The molecule has 1 atom stereocenters. The van der Waals surface area contributed by atoms with Gasteiger partial charge in [-0.1, -0.05) is 58.9 Å². The third-order valence-corrected chi connectivity index (χ3v) is 7.55. The number of benzene rings is 1. The summed E-state index contributed by atoms with van der Waals surface area (Å²) in [6.45, 7) is 18.9. The van der Waals surface area contributed by atoms with Gasteiger partial charge >= 0.3 is 5.97 Å². The average molecular weight is 538 g/mol. The number of aliphatic hydroxyl groups is 1. The van der Waals surface area contributed by atoms with Crippen molar-refractivity contribution in [3.05, 3.63) is 63.5 Å². The number of aromatic amines is 1. The molecule has 1 aromatic carbocycles. The topological polar surface area (TPSA) is 103 Å². The number of rotatable bonds is 10. The molecule has 1 aliphatic heterocycles.